The first kappa shape index (κ1) is 14.4. The van der Waals surface area contributed by atoms with Crippen LogP contribution < -0.4 is 10.6 Å². The molecule has 1 amide bonds. The topological polar surface area (TPSA) is 41.1 Å². The molecule has 22 heavy (non-hydrogen) atoms. The van der Waals surface area contributed by atoms with Gasteiger partial charge in [0, 0.05) is 22.9 Å². The Morgan fingerprint density at radius 1 is 0.955 bits per heavy atom. The van der Waals surface area contributed by atoms with Crippen LogP contribution in [0.15, 0.2) is 54.6 Å². The van der Waals surface area contributed by atoms with E-state index in [-0.39, 0.29) is 5.91 Å². The molecule has 0 bridgehead atoms. The Labute approximate surface area is 130 Å². The molecule has 2 aromatic rings. The van der Waals surface area contributed by atoms with E-state index in [1.807, 2.05) is 54.6 Å². The van der Waals surface area contributed by atoms with E-state index >= 15 is 0 Å². The summed E-state index contributed by atoms with van der Waals surface area (Å²) in [5.41, 5.74) is 2.72. The van der Waals surface area contributed by atoms with Gasteiger partial charge in [0.25, 0.3) is 0 Å². The van der Waals surface area contributed by atoms with Crippen LogP contribution in [0.3, 0.4) is 0 Å². The Hall–Kier alpha value is -2.57. The second-order valence-corrected chi connectivity index (χ2v) is 5.40. The molecular formula is C19H18N2O. The van der Waals surface area contributed by atoms with Crippen LogP contribution in [0.5, 0.6) is 0 Å². The van der Waals surface area contributed by atoms with Crippen molar-refractivity contribution in [2.24, 2.45) is 0 Å². The van der Waals surface area contributed by atoms with Gasteiger partial charge < -0.3 is 10.6 Å². The van der Waals surface area contributed by atoms with Gasteiger partial charge in [0.05, 0.1) is 6.54 Å². The zero-order chi connectivity index (χ0) is 15.2. The van der Waals surface area contributed by atoms with Crippen LogP contribution in [0.1, 0.15) is 24.0 Å². The number of anilines is 1. The minimum absolute atomic E-state index is 0.00461. The molecule has 0 heterocycles. The first-order valence-electron chi connectivity index (χ1n) is 7.50. The number of rotatable bonds is 4. The van der Waals surface area contributed by atoms with Crippen molar-refractivity contribution in [1.29, 1.82) is 0 Å². The van der Waals surface area contributed by atoms with Gasteiger partial charge in [0.15, 0.2) is 0 Å². The normalized spacial score (nSPS) is 13.1. The van der Waals surface area contributed by atoms with Gasteiger partial charge in [-0.05, 0) is 49.2 Å². The van der Waals surface area contributed by atoms with E-state index in [9.17, 15) is 4.79 Å². The maximum Gasteiger partial charge on any atom is 0.238 e. The lowest BCUT2D eigenvalue weighted by Crippen LogP contribution is -2.29. The molecule has 3 rings (SSSR count). The average molecular weight is 290 g/mol. The first-order chi connectivity index (χ1) is 10.8. The highest BCUT2D eigenvalue weighted by atomic mass is 16.1. The third kappa shape index (κ3) is 4.47. The van der Waals surface area contributed by atoms with Crippen LogP contribution >= 0.6 is 0 Å². The molecule has 0 spiro atoms. The Balaban J connectivity index is 1.55. The van der Waals surface area contributed by atoms with Crippen molar-refractivity contribution in [2.45, 2.75) is 18.9 Å². The number of amides is 1. The Kier molecular flexibility index (Phi) is 4.53. The smallest absolute Gasteiger partial charge is 0.238 e. The van der Waals surface area contributed by atoms with Gasteiger partial charge in [-0.15, -0.1) is 0 Å². The van der Waals surface area contributed by atoms with Crippen molar-refractivity contribution in [2.75, 3.05) is 11.9 Å². The Bertz CT molecular complexity index is 692. The van der Waals surface area contributed by atoms with Gasteiger partial charge in [0.1, 0.15) is 0 Å². The molecule has 0 aromatic heterocycles. The summed E-state index contributed by atoms with van der Waals surface area (Å²) in [6.45, 7) is 0.375. The van der Waals surface area contributed by atoms with Crippen LogP contribution in [0.25, 0.3) is 0 Å². The molecular weight excluding hydrogens is 272 g/mol. The fraction of sp³-hybridized carbons (Fsp3) is 0.211. The molecule has 0 radical (unpaired) electrons. The van der Waals surface area contributed by atoms with E-state index < -0.39 is 0 Å². The fourth-order valence-electron chi connectivity index (χ4n) is 2.03. The maximum atomic E-state index is 11.7. The van der Waals surface area contributed by atoms with E-state index in [2.05, 4.69) is 22.5 Å². The summed E-state index contributed by atoms with van der Waals surface area (Å²) in [7, 11) is 0. The van der Waals surface area contributed by atoms with E-state index in [1.165, 1.54) is 12.8 Å². The van der Waals surface area contributed by atoms with Crippen molar-refractivity contribution >= 4 is 11.6 Å². The van der Waals surface area contributed by atoms with Crippen molar-refractivity contribution < 1.29 is 4.79 Å². The van der Waals surface area contributed by atoms with Crippen LogP contribution in [0, 0.1) is 11.8 Å². The molecule has 1 fully saturated rings. The van der Waals surface area contributed by atoms with Crippen LogP contribution in [-0.2, 0) is 4.79 Å². The summed E-state index contributed by atoms with van der Waals surface area (Å²) in [5, 5.41) is 6.07. The van der Waals surface area contributed by atoms with Crippen LogP contribution in [0.2, 0.25) is 0 Å². The molecule has 2 N–H and O–H groups in total. The molecule has 1 aliphatic carbocycles. The number of carbonyl (C=O) groups is 1. The second-order valence-electron chi connectivity index (χ2n) is 5.40. The van der Waals surface area contributed by atoms with Crippen molar-refractivity contribution in [3.8, 4) is 11.8 Å². The summed E-state index contributed by atoms with van der Waals surface area (Å²) in [6, 6.07) is 18.0. The molecule has 1 saturated carbocycles. The highest BCUT2D eigenvalue weighted by molar-refractivity contribution is 5.92. The van der Waals surface area contributed by atoms with E-state index in [1.54, 1.807) is 0 Å². The lowest BCUT2D eigenvalue weighted by molar-refractivity contribution is -0.115. The second kappa shape index (κ2) is 6.93. The van der Waals surface area contributed by atoms with Gasteiger partial charge in [-0.1, -0.05) is 30.0 Å². The molecule has 0 unspecified atom stereocenters. The fourth-order valence-corrected chi connectivity index (χ4v) is 2.03. The third-order valence-corrected chi connectivity index (χ3v) is 3.42. The number of hydrogen-bond acceptors (Lipinski definition) is 2. The SMILES string of the molecule is O=C(CNC1CC1)Nc1ccc(C#Cc2ccccc2)cc1. The Morgan fingerprint density at radius 3 is 2.23 bits per heavy atom. The zero-order valence-corrected chi connectivity index (χ0v) is 12.3. The standard InChI is InChI=1S/C19H18N2O/c22-19(14-20-17-12-13-17)21-18-10-8-16(9-11-18)7-6-15-4-2-1-3-5-15/h1-5,8-11,17,20H,12-14H2,(H,21,22). The number of carbonyl (C=O) groups excluding carboxylic acids is 1. The maximum absolute atomic E-state index is 11.7. The van der Waals surface area contributed by atoms with E-state index in [0.717, 1.165) is 16.8 Å². The van der Waals surface area contributed by atoms with Gasteiger partial charge >= 0.3 is 0 Å². The van der Waals surface area contributed by atoms with E-state index in [4.69, 9.17) is 0 Å². The summed E-state index contributed by atoms with van der Waals surface area (Å²) < 4.78 is 0. The van der Waals surface area contributed by atoms with E-state index in [0.29, 0.717) is 12.6 Å². The minimum atomic E-state index is -0.00461. The molecule has 0 aliphatic heterocycles. The molecule has 3 heteroatoms. The lowest BCUT2D eigenvalue weighted by atomic mass is 10.1. The van der Waals surface area contributed by atoms with Gasteiger partial charge in [0.2, 0.25) is 5.91 Å². The molecule has 2 aromatic carbocycles. The zero-order valence-electron chi connectivity index (χ0n) is 12.3. The first-order valence-corrected chi connectivity index (χ1v) is 7.50. The third-order valence-electron chi connectivity index (χ3n) is 3.42. The predicted octanol–water partition coefficient (Wildman–Crippen LogP) is 2.78. The van der Waals surface area contributed by atoms with Gasteiger partial charge in [-0.25, -0.2) is 0 Å². The number of benzene rings is 2. The Morgan fingerprint density at radius 2 is 1.59 bits per heavy atom. The van der Waals surface area contributed by atoms with Gasteiger partial charge in [-0.3, -0.25) is 4.79 Å². The predicted molar refractivity (Wildman–Crippen MR) is 88.5 cm³/mol. The minimum Gasteiger partial charge on any atom is -0.325 e. The molecule has 110 valence electrons. The highest BCUT2D eigenvalue weighted by Crippen LogP contribution is 2.18. The van der Waals surface area contributed by atoms with Gasteiger partial charge in [-0.2, -0.15) is 0 Å². The lowest BCUT2D eigenvalue weighted by Gasteiger charge is -2.05. The molecule has 0 saturated heterocycles. The summed E-state index contributed by atoms with van der Waals surface area (Å²) in [5.74, 6) is 6.22. The van der Waals surface area contributed by atoms with Crippen molar-refractivity contribution in [3.05, 3.63) is 65.7 Å². The number of nitrogens with one attached hydrogen (secondary N) is 2. The summed E-state index contributed by atoms with van der Waals surface area (Å²) in [4.78, 5) is 11.7. The van der Waals surface area contributed by atoms with Crippen LogP contribution in [-0.4, -0.2) is 18.5 Å². The largest absolute Gasteiger partial charge is 0.325 e. The molecule has 3 nitrogen and oxygen atoms in total. The van der Waals surface area contributed by atoms with Crippen molar-refractivity contribution in [1.82, 2.24) is 5.32 Å². The molecule has 1 aliphatic rings. The summed E-state index contributed by atoms with van der Waals surface area (Å²) in [6.07, 6.45) is 2.37. The van der Waals surface area contributed by atoms with Crippen LogP contribution in [0.4, 0.5) is 5.69 Å². The monoisotopic (exact) mass is 290 g/mol. The average Bonchev–Trinajstić information content (AvgIpc) is 3.38. The summed E-state index contributed by atoms with van der Waals surface area (Å²) >= 11 is 0. The quantitative estimate of drug-likeness (QED) is 0.850. The highest BCUT2D eigenvalue weighted by Gasteiger charge is 2.20. The van der Waals surface area contributed by atoms with Crippen molar-refractivity contribution in [3.63, 3.8) is 0 Å². The number of hydrogen-bond donors (Lipinski definition) is 2. The molecule has 0 atom stereocenters.